The molecule has 0 unspecified atom stereocenters. The molecule has 2 aliphatic rings. The lowest BCUT2D eigenvalue weighted by Crippen LogP contribution is -2.30. The lowest BCUT2D eigenvalue weighted by atomic mass is 10.2. The number of carbonyl (C=O) groups excluding carboxylic acids is 1. The van der Waals surface area contributed by atoms with Crippen molar-refractivity contribution < 1.29 is 4.79 Å². The maximum absolute atomic E-state index is 13.1. The molecule has 0 N–H and O–H groups in total. The van der Waals surface area contributed by atoms with Gasteiger partial charge in [0.25, 0.3) is 5.91 Å². The van der Waals surface area contributed by atoms with Gasteiger partial charge in [-0.05, 0) is 42.8 Å². The number of halogens is 3. The van der Waals surface area contributed by atoms with Gasteiger partial charge in [-0.1, -0.05) is 36.5 Å². The Kier molecular flexibility index (Phi) is 7.09. The molecule has 25 heavy (non-hydrogen) atoms. The smallest absolute Gasteiger partial charge is 0.266 e. The van der Waals surface area contributed by atoms with E-state index in [-0.39, 0.29) is 18.3 Å². The number of nitrogens with zero attached hydrogens (tertiary/aromatic N) is 3. The fourth-order valence-electron chi connectivity index (χ4n) is 2.85. The van der Waals surface area contributed by atoms with Crippen molar-refractivity contribution in [2.24, 2.45) is 4.99 Å². The molecule has 0 bridgehead atoms. The Bertz CT molecular complexity index is 716. The molecule has 2 heterocycles. The van der Waals surface area contributed by atoms with Gasteiger partial charge in [-0.25, -0.2) is 0 Å². The average molecular weight is 421 g/mol. The molecule has 0 saturated heterocycles. The first-order valence-electron chi connectivity index (χ1n) is 7.98. The van der Waals surface area contributed by atoms with Crippen LogP contribution in [-0.4, -0.2) is 36.1 Å². The molecule has 0 spiro atoms. The highest BCUT2D eigenvalue weighted by Crippen LogP contribution is 2.39. The van der Waals surface area contributed by atoms with E-state index in [9.17, 15) is 4.79 Å². The third kappa shape index (κ3) is 4.27. The number of amides is 1. The van der Waals surface area contributed by atoms with Crippen LogP contribution in [0.1, 0.15) is 26.2 Å². The van der Waals surface area contributed by atoms with E-state index < -0.39 is 0 Å². The third-order valence-corrected chi connectivity index (χ3v) is 5.60. The molecule has 4 nitrogen and oxygen atoms in total. The van der Waals surface area contributed by atoms with Crippen molar-refractivity contribution in [1.82, 2.24) is 4.90 Å². The van der Waals surface area contributed by atoms with Gasteiger partial charge in [0.1, 0.15) is 4.91 Å². The van der Waals surface area contributed by atoms with Gasteiger partial charge in [0, 0.05) is 41.6 Å². The molecule has 1 aromatic rings. The van der Waals surface area contributed by atoms with Gasteiger partial charge >= 0.3 is 0 Å². The first-order valence-corrected chi connectivity index (χ1v) is 9.55. The molecule has 3 rings (SSSR count). The van der Waals surface area contributed by atoms with Crippen molar-refractivity contribution >= 4 is 64.1 Å². The topological polar surface area (TPSA) is 35.9 Å². The van der Waals surface area contributed by atoms with E-state index in [4.69, 9.17) is 23.2 Å². The summed E-state index contributed by atoms with van der Waals surface area (Å²) in [7, 11) is 1.75. The molecule has 0 aliphatic carbocycles. The Hall–Kier alpha value is -0.880. The van der Waals surface area contributed by atoms with E-state index in [1.165, 1.54) is 11.8 Å². The number of fused-ring (bicyclic) bond motifs is 1. The average Bonchev–Trinajstić information content (AvgIpc) is 2.92. The first-order chi connectivity index (χ1) is 11.5. The van der Waals surface area contributed by atoms with Gasteiger partial charge in [0.2, 0.25) is 0 Å². The predicted octanol–water partition coefficient (Wildman–Crippen LogP) is 5.20. The van der Waals surface area contributed by atoms with Crippen molar-refractivity contribution in [2.45, 2.75) is 26.2 Å². The van der Waals surface area contributed by atoms with E-state index in [1.54, 1.807) is 30.1 Å². The van der Waals surface area contributed by atoms with Crippen LogP contribution in [0.15, 0.2) is 33.8 Å². The molecule has 136 valence electrons. The number of benzene rings is 1. The second-order valence-corrected chi connectivity index (χ2v) is 7.64. The molecule has 0 saturated carbocycles. The summed E-state index contributed by atoms with van der Waals surface area (Å²) in [6.45, 7) is 3.89. The summed E-state index contributed by atoms with van der Waals surface area (Å²) < 4.78 is 0. The van der Waals surface area contributed by atoms with Gasteiger partial charge in [0.05, 0.1) is 0 Å². The highest BCUT2D eigenvalue weighted by atomic mass is 35.5. The monoisotopic (exact) mass is 419 g/mol. The van der Waals surface area contributed by atoms with Gasteiger partial charge < -0.3 is 9.80 Å². The van der Waals surface area contributed by atoms with Crippen LogP contribution in [0.4, 0.5) is 5.69 Å². The predicted molar refractivity (Wildman–Crippen MR) is 110 cm³/mol. The highest BCUT2D eigenvalue weighted by molar-refractivity contribution is 8.18. The summed E-state index contributed by atoms with van der Waals surface area (Å²) in [5, 5.41) is 1.98. The van der Waals surface area contributed by atoms with Gasteiger partial charge in [0.15, 0.2) is 5.17 Å². The number of hydrogen-bond acceptors (Lipinski definition) is 4. The molecule has 2 aliphatic heterocycles. The number of aliphatic imine (C=N–C) groups is 1. The number of hydrogen-bond donors (Lipinski definition) is 0. The third-order valence-electron chi connectivity index (χ3n) is 4.02. The molecule has 1 aromatic carbocycles. The van der Waals surface area contributed by atoms with E-state index in [0.29, 0.717) is 15.7 Å². The standard InChI is InChI=1S/C17H19Cl2N3OS.ClH/c1-3-5-14-15(24-17-20-6-4-7-22(14)17)16(23)21(2)13-9-11(18)8-12(19)10-13;/h8-10H,3-7H2,1-2H3;1H. The lowest BCUT2D eigenvalue weighted by Gasteiger charge is -2.25. The quantitative estimate of drug-likeness (QED) is 0.672. The normalized spacial score (nSPS) is 16.3. The molecule has 0 radical (unpaired) electrons. The van der Waals surface area contributed by atoms with E-state index in [1.807, 2.05) is 0 Å². The minimum atomic E-state index is -0.0427. The minimum Gasteiger partial charge on any atom is -0.323 e. The van der Waals surface area contributed by atoms with Crippen molar-refractivity contribution in [3.8, 4) is 0 Å². The summed E-state index contributed by atoms with van der Waals surface area (Å²) in [5.41, 5.74) is 1.78. The largest absolute Gasteiger partial charge is 0.323 e. The van der Waals surface area contributed by atoms with Gasteiger partial charge in [-0.3, -0.25) is 9.79 Å². The van der Waals surface area contributed by atoms with Crippen LogP contribution >= 0.6 is 47.4 Å². The molecule has 0 fully saturated rings. The van der Waals surface area contributed by atoms with Gasteiger partial charge in [-0.2, -0.15) is 0 Å². The molecule has 8 heteroatoms. The van der Waals surface area contributed by atoms with Crippen molar-refractivity contribution in [3.63, 3.8) is 0 Å². The number of amidine groups is 1. The number of anilines is 1. The first kappa shape index (κ1) is 20.4. The fraction of sp³-hybridized carbons (Fsp3) is 0.412. The number of likely N-dealkylation sites (N-methyl/N-ethyl adjacent to an activating group) is 1. The van der Waals surface area contributed by atoms with Crippen LogP contribution in [-0.2, 0) is 4.79 Å². The van der Waals surface area contributed by atoms with Crippen LogP contribution in [0.25, 0.3) is 0 Å². The van der Waals surface area contributed by atoms with Crippen LogP contribution in [0, 0.1) is 0 Å². The Morgan fingerprint density at radius 2 is 2.00 bits per heavy atom. The van der Waals surface area contributed by atoms with E-state index in [0.717, 1.165) is 48.1 Å². The Labute approximate surface area is 168 Å². The molecular formula is C17H20Cl3N3OS. The number of thioether (sulfide) groups is 1. The van der Waals surface area contributed by atoms with Crippen molar-refractivity contribution in [2.75, 3.05) is 25.0 Å². The van der Waals surface area contributed by atoms with Crippen LogP contribution in [0.2, 0.25) is 10.0 Å². The SMILES string of the molecule is CCCC1=C(C(=O)N(C)c2cc(Cl)cc(Cl)c2)SC2=NCCCN21.Cl. The van der Waals surface area contributed by atoms with E-state index in [2.05, 4.69) is 16.8 Å². The molecule has 1 amide bonds. The number of carbonyl (C=O) groups is 1. The zero-order chi connectivity index (χ0) is 17.3. The molecular weight excluding hydrogens is 401 g/mol. The fourth-order valence-corrected chi connectivity index (χ4v) is 4.57. The van der Waals surface area contributed by atoms with Crippen molar-refractivity contribution in [3.05, 3.63) is 38.8 Å². The second kappa shape index (κ2) is 8.67. The van der Waals surface area contributed by atoms with E-state index >= 15 is 0 Å². The summed E-state index contributed by atoms with van der Waals surface area (Å²) in [6, 6.07) is 5.15. The zero-order valence-corrected chi connectivity index (χ0v) is 17.2. The lowest BCUT2D eigenvalue weighted by molar-refractivity contribution is -0.114. The molecule has 0 aromatic heterocycles. The Balaban J connectivity index is 0.00000225. The zero-order valence-electron chi connectivity index (χ0n) is 14.1. The minimum absolute atomic E-state index is 0. The maximum Gasteiger partial charge on any atom is 0.266 e. The summed E-state index contributed by atoms with van der Waals surface area (Å²) in [6.07, 6.45) is 2.89. The number of allylic oxidation sites excluding steroid dienone is 1. The maximum atomic E-state index is 13.1. The van der Waals surface area contributed by atoms with Crippen molar-refractivity contribution in [1.29, 1.82) is 0 Å². The number of rotatable bonds is 4. The second-order valence-electron chi connectivity index (χ2n) is 5.79. The summed E-state index contributed by atoms with van der Waals surface area (Å²) in [5.74, 6) is -0.0427. The summed E-state index contributed by atoms with van der Waals surface area (Å²) in [4.78, 5) is 22.2. The Morgan fingerprint density at radius 1 is 1.32 bits per heavy atom. The van der Waals surface area contributed by atoms with Crippen LogP contribution < -0.4 is 4.90 Å². The van der Waals surface area contributed by atoms with Crippen LogP contribution in [0.5, 0.6) is 0 Å². The summed E-state index contributed by atoms with van der Waals surface area (Å²) >= 11 is 13.6. The van der Waals surface area contributed by atoms with Gasteiger partial charge in [-0.15, -0.1) is 12.4 Å². The highest BCUT2D eigenvalue weighted by Gasteiger charge is 2.35. The van der Waals surface area contributed by atoms with Crippen LogP contribution in [0.3, 0.4) is 0 Å². The molecule has 0 atom stereocenters. The Morgan fingerprint density at radius 3 is 2.64 bits per heavy atom.